The number of carboxylic acids is 1. The fourth-order valence-electron chi connectivity index (χ4n) is 1.76. The van der Waals surface area contributed by atoms with E-state index in [4.69, 9.17) is 28.3 Å². The van der Waals surface area contributed by atoms with E-state index < -0.39 is 12.0 Å². The van der Waals surface area contributed by atoms with Crippen molar-refractivity contribution < 1.29 is 14.7 Å². The summed E-state index contributed by atoms with van der Waals surface area (Å²) >= 11 is 13.2. The molecule has 2 aromatic rings. The van der Waals surface area contributed by atoms with E-state index in [2.05, 4.69) is 10.6 Å². The summed E-state index contributed by atoms with van der Waals surface area (Å²) in [6.07, 6.45) is 0.108. The highest BCUT2D eigenvalue weighted by atomic mass is 35.5. The SMILES string of the molecule is O=C(O)CCSc1ccc(NC(=O)Nc2ccc(Cl)c(Cl)c2)cc1. The highest BCUT2D eigenvalue weighted by molar-refractivity contribution is 7.99. The maximum atomic E-state index is 11.9. The van der Waals surface area contributed by atoms with Gasteiger partial charge in [0, 0.05) is 22.0 Å². The number of carbonyl (C=O) groups excluding carboxylic acids is 1. The number of aliphatic carboxylic acids is 1. The van der Waals surface area contributed by atoms with Gasteiger partial charge in [-0.25, -0.2) is 4.79 Å². The van der Waals surface area contributed by atoms with Crippen molar-refractivity contribution >= 4 is 58.3 Å². The van der Waals surface area contributed by atoms with Gasteiger partial charge in [0.2, 0.25) is 0 Å². The minimum atomic E-state index is -0.820. The van der Waals surface area contributed by atoms with Gasteiger partial charge in [0.25, 0.3) is 0 Å². The molecule has 0 saturated heterocycles. The summed E-state index contributed by atoms with van der Waals surface area (Å²) in [7, 11) is 0. The number of halogens is 2. The van der Waals surface area contributed by atoms with Gasteiger partial charge in [-0.15, -0.1) is 11.8 Å². The number of carbonyl (C=O) groups is 2. The first-order valence-electron chi connectivity index (χ1n) is 6.92. The lowest BCUT2D eigenvalue weighted by Crippen LogP contribution is -2.19. The second-order valence-electron chi connectivity index (χ2n) is 4.72. The van der Waals surface area contributed by atoms with Gasteiger partial charge in [0.1, 0.15) is 0 Å². The van der Waals surface area contributed by atoms with Crippen molar-refractivity contribution in [2.24, 2.45) is 0 Å². The van der Waals surface area contributed by atoms with Crippen LogP contribution < -0.4 is 10.6 Å². The number of urea groups is 1. The van der Waals surface area contributed by atoms with E-state index in [1.54, 1.807) is 30.3 Å². The highest BCUT2D eigenvalue weighted by Crippen LogP contribution is 2.25. The lowest BCUT2D eigenvalue weighted by Gasteiger charge is -2.09. The zero-order valence-corrected chi connectivity index (χ0v) is 14.7. The van der Waals surface area contributed by atoms with Crippen LogP contribution in [0.25, 0.3) is 0 Å². The summed E-state index contributed by atoms with van der Waals surface area (Å²) in [6, 6.07) is 11.5. The molecule has 0 heterocycles. The van der Waals surface area contributed by atoms with Gasteiger partial charge in [-0.1, -0.05) is 23.2 Å². The van der Waals surface area contributed by atoms with E-state index in [0.29, 0.717) is 27.2 Å². The Kier molecular flexibility index (Phi) is 6.78. The van der Waals surface area contributed by atoms with Gasteiger partial charge in [0.05, 0.1) is 16.5 Å². The third-order valence-electron chi connectivity index (χ3n) is 2.87. The number of hydrogen-bond acceptors (Lipinski definition) is 3. The minimum absolute atomic E-state index is 0.108. The van der Waals surface area contributed by atoms with Crippen molar-refractivity contribution in [1.82, 2.24) is 0 Å². The average Bonchev–Trinajstić information content (AvgIpc) is 2.52. The van der Waals surface area contributed by atoms with E-state index in [0.717, 1.165) is 4.90 Å². The van der Waals surface area contributed by atoms with Crippen molar-refractivity contribution in [3.63, 3.8) is 0 Å². The van der Waals surface area contributed by atoms with Crippen LogP contribution in [0.3, 0.4) is 0 Å². The predicted octanol–water partition coefficient (Wildman–Crippen LogP) is 5.20. The van der Waals surface area contributed by atoms with Crippen molar-refractivity contribution in [3.8, 4) is 0 Å². The van der Waals surface area contributed by atoms with Crippen LogP contribution >= 0.6 is 35.0 Å². The fraction of sp³-hybridized carbons (Fsp3) is 0.125. The van der Waals surface area contributed by atoms with Crippen molar-refractivity contribution in [2.75, 3.05) is 16.4 Å². The van der Waals surface area contributed by atoms with E-state index >= 15 is 0 Å². The molecule has 2 aromatic carbocycles. The van der Waals surface area contributed by atoms with Gasteiger partial charge < -0.3 is 15.7 Å². The number of amides is 2. The number of hydrogen-bond donors (Lipinski definition) is 3. The topological polar surface area (TPSA) is 78.4 Å². The molecule has 0 fully saturated rings. The number of benzene rings is 2. The first-order chi connectivity index (χ1) is 11.4. The maximum Gasteiger partial charge on any atom is 0.323 e. The van der Waals surface area contributed by atoms with Gasteiger partial charge >= 0.3 is 12.0 Å². The van der Waals surface area contributed by atoms with Gasteiger partial charge in [0.15, 0.2) is 0 Å². The standard InChI is InChI=1S/C16H14Cl2N2O3S/c17-13-6-3-11(9-14(13)18)20-16(23)19-10-1-4-12(5-2-10)24-8-7-15(21)22/h1-6,9H,7-8H2,(H,21,22)(H2,19,20,23). The molecule has 5 nitrogen and oxygen atoms in total. The molecule has 0 spiro atoms. The molecule has 126 valence electrons. The lowest BCUT2D eigenvalue weighted by molar-refractivity contribution is -0.136. The third-order valence-corrected chi connectivity index (χ3v) is 4.63. The van der Waals surface area contributed by atoms with Crippen LogP contribution in [-0.2, 0) is 4.79 Å². The normalized spacial score (nSPS) is 10.2. The van der Waals surface area contributed by atoms with Gasteiger partial charge in [-0.2, -0.15) is 0 Å². The van der Waals surface area contributed by atoms with Crippen LogP contribution in [0, 0.1) is 0 Å². The average molecular weight is 385 g/mol. The highest BCUT2D eigenvalue weighted by Gasteiger charge is 2.05. The second-order valence-corrected chi connectivity index (χ2v) is 6.71. The second kappa shape index (κ2) is 8.82. The molecule has 8 heteroatoms. The quantitative estimate of drug-likeness (QED) is 0.597. The number of thioether (sulfide) groups is 1. The van der Waals surface area contributed by atoms with E-state index in [9.17, 15) is 9.59 Å². The molecular weight excluding hydrogens is 371 g/mol. The molecule has 0 aromatic heterocycles. The zero-order valence-electron chi connectivity index (χ0n) is 12.4. The van der Waals surface area contributed by atoms with E-state index in [1.165, 1.54) is 11.8 Å². The summed E-state index contributed by atoms with van der Waals surface area (Å²) in [6.45, 7) is 0. The molecule has 0 aliphatic carbocycles. The molecule has 3 N–H and O–H groups in total. The molecule has 0 saturated carbocycles. The Balaban J connectivity index is 1.87. The number of anilines is 2. The zero-order chi connectivity index (χ0) is 17.5. The molecule has 0 atom stereocenters. The van der Waals surface area contributed by atoms with Crippen LogP contribution in [0.15, 0.2) is 47.4 Å². The lowest BCUT2D eigenvalue weighted by atomic mass is 10.3. The molecule has 2 rings (SSSR count). The smallest absolute Gasteiger partial charge is 0.323 e. The molecule has 0 unspecified atom stereocenters. The Morgan fingerprint density at radius 3 is 2.21 bits per heavy atom. The van der Waals surface area contributed by atoms with Gasteiger partial charge in [-0.3, -0.25) is 4.79 Å². The molecule has 0 aliphatic heterocycles. The Hall–Kier alpha value is -1.89. The predicted molar refractivity (Wildman–Crippen MR) is 98.5 cm³/mol. The summed E-state index contributed by atoms with van der Waals surface area (Å²) in [5.74, 6) is -0.320. The van der Waals surface area contributed by atoms with Crippen molar-refractivity contribution in [3.05, 3.63) is 52.5 Å². The summed E-state index contributed by atoms with van der Waals surface area (Å²) in [5, 5.41) is 14.7. The van der Waals surface area contributed by atoms with Crippen LogP contribution in [0.5, 0.6) is 0 Å². The van der Waals surface area contributed by atoms with Crippen molar-refractivity contribution in [1.29, 1.82) is 0 Å². The summed E-state index contributed by atoms with van der Waals surface area (Å²) in [4.78, 5) is 23.3. The molecule has 0 aliphatic rings. The maximum absolute atomic E-state index is 11.9. The molecule has 0 radical (unpaired) electrons. The first-order valence-corrected chi connectivity index (χ1v) is 8.66. The fourth-order valence-corrected chi connectivity index (χ4v) is 2.90. The van der Waals surface area contributed by atoms with Crippen LogP contribution in [0.2, 0.25) is 10.0 Å². The Bertz CT molecular complexity index is 739. The number of carboxylic acid groups (broad SMARTS) is 1. The summed E-state index contributed by atoms with van der Waals surface area (Å²) in [5.41, 5.74) is 1.15. The largest absolute Gasteiger partial charge is 0.481 e. The molecule has 0 bridgehead atoms. The molecule has 2 amide bonds. The first kappa shape index (κ1) is 18.4. The van der Waals surface area contributed by atoms with Crippen LogP contribution in [-0.4, -0.2) is 22.9 Å². The van der Waals surface area contributed by atoms with Crippen LogP contribution in [0.1, 0.15) is 6.42 Å². The number of rotatable bonds is 6. The van der Waals surface area contributed by atoms with Crippen LogP contribution in [0.4, 0.5) is 16.2 Å². The third kappa shape index (κ3) is 5.96. The monoisotopic (exact) mass is 384 g/mol. The van der Waals surface area contributed by atoms with Crippen molar-refractivity contribution in [2.45, 2.75) is 11.3 Å². The summed E-state index contributed by atoms with van der Waals surface area (Å²) < 4.78 is 0. The Morgan fingerprint density at radius 2 is 1.58 bits per heavy atom. The molecule has 24 heavy (non-hydrogen) atoms. The van der Waals surface area contributed by atoms with Gasteiger partial charge in [-0.05, 0) is 42.5 Å². The van der Waals surface area contributed by atoms with E-state index in [1.807, 2.05) is 12.1 Å². The van der Waals surface area contributed by atoms with E-state index in [-0.39, 0.29) is 6.42 Å². The molecular formula is C16H14Cl2N2O3S. The Morgan fingerprint density at radius 1 is 0.958 bits per heavy atom. The Labute approximate surface area is 153 Å². The number of nitrogens with one attached hydrogen (secondary N) is 2. The minimum Gasteiger partial charge on any atom is -0.481 e.